The van der Waals surface area contributed by atoms with Crippen LogP contribution in [0.25, 0.3) is 10.8 Å². The first kappa shape index (κ1) is 16.4. The van der Waals surface area contributed by atoms with Crippen LogP contribution in [0.15, 0.2) is 66.7 Å². The summed E-state index contributed by atoms with van der Waals surface area (Å²) in [6, 6.07) is 23.2. The zero-order chi connectivity index (χ0) is 17.2. The Labute approximate surface area is 155 Å². The van der Waals surface area contributed by atoms with Crippen molar-refractivity contribution in [3.05, 3.63) is 83.4 Å². The molecule has 0 aliphatic heterocycles. The van der Waals surface area contributed by atoms with Gasteiger partial charge in [0.1, 0.15) is 0 Å². The standard InChI is InChI=1S/C22H22AsNO/c24-22(25)18-8-3-7-17(13-18)21(23-14-15-11-12-15)20-10-4-6-16-5-1-2-9-19(16)20/h1-10,13,15,21,23H,11-12,14H2,(H2,24,25). The average Bonchev–Trinajstić information content (AvgIpc) is 3.47. The summed E-state index contributed by atoms with van der Waals surface area (Å²) in [6.45, 7) is 0. The van der Waals surface area contributed by atoms with Crippen molar-refractivity contribution in [1.82, 2.24) is 0 Å². The number of amides is 1. The maximum atomic E-state index is 11.6. The molecule has 2 unspecified atom stereocenters. The second kappa shape index (κ2) is 7.06. The molecular formula is C22H22AsNO. The van der Waals surface area contributed by atoms with Crippen molar-refractivity contribution in [1.29, 1.82) is 0 Å². The van der Waals surface area contributed by atoms with E-state index >= 15 is 0 Å². The summed E-state index contributed by atoms with van der Waals surface area (Å²) in [5.41, 5.74) is 8.77. The molecule has 3 heteroatoms. The topological polar surface area (TPSA) is 43.1 Å². The summed E-state index contributed by atoms with van der Waals surface area (Å²) in [4.78, 5) is 11.6. The van der Waals surface area contributed by atoms with Crippen molar-refractivity contribution in [2.75, 3.05) is 0 Å². The first-order valence-electron chi connectivity index (χ1n) is 8.83. The van der Waals surface area contributed by atoms with Crippen LogP contribution in [0.3, 0.4) is 0 Å². The normalized spacial score (nSPS) is 15.7. The van der Waals surface area contributed by atoms with Gasteiger partial charge in [0.15, 0.2) is 0 Å². The summed E-state index contributed by atoms with van der Waals surface area (Å²) >= 11 is -0.192. The number of benzene rings is 3. The van der Waals surface area contributed by atoms with Crippen LogP contribution in [-0.2, 0) is 0 Å². The van der Waals surface area contributed by atoms with Crippen LogP contribution in [0.4, 0.5) is 0 Å². The van der Waals surface area contributed by atoms with Crippen LogP contribution in [0.2, 0.25) is 5.21 Å². The average molecular weight is 391 g/mol. The zero-order valence-electron chi connectivity index (χ0n) is 14.1. The van der Waals surface area contributed by atoms with Crippen molar-refractivity contribution in [3.8, 4) is 0 Å². The van der Waals surface area contributed by atoms with E-state index in [2.05, 4.69) is 48.5 Å². The maximum absolute atomic E-state index is 11.6. The Morgan fingerprint density at radius 2 is 1.80 bits per heavy atom. The van der Waals surface area contributed by atoms with E-state index in [1.165, 1.54) is 39.9 Å². The minimum atomic E-state index is -0.347. The molecule has 0 aromatic heterocycles. The van der Waals surface area contributed by atoms with E-state index in [1.807, 2.05) is 18.2 Å². The van der Waals surface area contributed by atoms with Gasteiger partial charge in [-0.2, -0.15) is 0 Å². The minimum absolute atomic E-state index is 0.192. The SMILES string of the molecule is NC(=O)c1cccc(C([AsH]CC2CC2)c2cccc3ccccc23)c1. The molecule has 126 valence electrons. The van der Waals surface area contributed by atoms with Gasteiger partial charge in [-0.25, -0.2) is 0 Å². The third kappa shape index (κ3) is 3.65. The van der Waals surface area contributed by atoms with Gasteiger partial charge in [0.05, 0.1) is 0 Å². The van der Waals surface area contributed by atoms with Crippen molar-refractivity contribution in [2.24, 2.45) is 11.7 Å². The van der Waals surface area contributed by atoms with E-state index in [4.69, 9.17) is 5.73 Å². The molecule has 0 radical (unpaired) electrons. The predicted octanol–water partition coefficient (Wildman–Crippen LogP) is 4.29. The van der Waals surface area contributed by atoms with Crippen LogP contribution in [-0.4, -0.2) is 21.7 Å². The fraction of sp³-hybridized carbons (Fsp3) is 0.227. The third-order valence-corrected chi connectivity index (χ3v) is 8.86. The Bertz CT molecular complexity index is 911. The molecule has 2 atom stereocenters. The van der Waals surface area contributed by atoms with Gasteiger partial charge in [-0.15, -0.1) is 0 Å². The van der Waals surface area contributed by atoms with E-state index < -0.39 is 0 Å². The van der Waals surface area contributed by atoms with Crippen molar-refractivity contribution < 1.29 is 4.79 Å². The number of nitrogens with two attached hydrogens (primary N) is 1. The van der Waals surface area contributed by atoms with Gasteiger partial charge in [-0.3, -0.25) is 0 Å². The molecule has 3 aromatic carbocycles. The number of carbonyl (C=O) groups excluding carboxylic acids is 1. The van der Waals surface area contributed by atoms with Crippen LogP contribution < -0.4 is 5.73 Å². The molecule has 0 bridgehead atoms. The van der Waals surface area contributed by atoms with Gasteiger partial charge in [0.2, 0.25) is 0 Å². The molecule has 1 aliphatic carbocycles. The van der Waals surface area contributed by atoms with Gasteiger partial charge in [-0.05, 0) is 0 Å². The molecule has 1 amide bonds. The summed E-state index contributed by atoms with van der Waals surface area (Å²) in [6.07, 6.45) is 2.79. The fourth-order valence-electron chi connectivity index (χ4n) is 3.39. The second-order valence-electron chi connectivity index (χ2n) is 6.84. The van der Waals surface area contributed by atoms with Gasteiger partial charge in [0.25, 0.3) is 0 Å². The molecule has 1 fully saturated rings. The van der Waals surface area contributed by atoms with Crippen molar-refractivity contribution in [3.63, 3.8) is 0 Å². The van der Waals surface area contributed by atoms with Gasteiger partial charge < -0.3 is 0 Å². The number of fused-ring (bicyclic) bond motifs is 1. The molecule has 0 spiro atoms. The Kier molecular flexibility index (Phi) is 4.63. The molecule has 1 saturated carbocycles. The van der Waals surface area contributed by atoms with E-state index in [9.17, 15) is 4.79 Å². The van der Waals surface area contributed by atoms with Crippen molar-refractivity contribution in [2.45, 2.75) is 22.8 Å². The van der Waals surface area contributed by atoms with E-state index in [0.717, 1.165) is 5.92 Å². The van der Waals surface area contributed by atoms with E-state index in [0.29, 0.717) is 10.3 Å². The molecule has 3 aromatic rings. The first-order chi connectivity index (χ1) is 12.2. The quantitative estimate of drug-likeness (QED) is 0.626. The van der Waals surface area contributed by atoms with Crippen LogP contribution in [0, 0.1) is 5.92 Å². The number of carbonyl (C=O) groups is 1. The van der Waals surface area contributed by atoms with Gasteiger partial charge in [0, 0.05) is 0 Å². The number of rotatable bonds is 6. The van der Waals surface area contributed by atoms with Crippen LogP contribution >= 0.6 is 0 Å². The molecule has 2 nitrogen and oxygen atoms in total. The van der Waals surface area contributed by atoms with Crippen molar-refractivity contribution >= 4 is 32.4 Å². The van der Waals surface area contributed by atoms with E-state index in [-0.39, 0.29) is 21.7 Å². The summed E-state index contributed by atoms with van der Waals surface area (Å²) in [7, 11) is 0. The molecule has 1 aliphatic rings. The summed E-state index contributed by atoms with van der Waals surface area (Å²) in [5, 5.41) is 3.99. The summed E-state index contributed by atoms with van der Waals surface area (Å²) < 4.78 is 0.422. The van der Waals surface area contributed by atoms with E-state index in [1.54, 1.807) is 0 Å². The molecule has 4 rings (SSSR count). The Hall–Kier alpha value is -2.05. The zero-order valence-corrected chi connectivity index (χ0v) is 16.2. The molecular weight excluding hydrogens is 369 g/mol. The Balaban J connectivity index is 1.79. The fourth-order valence-corrected chi connectivity index (χ4v) is 7.30. The monoisotopic (exact) mass is 391 g/mol. The van der Waals surface area contributed by atoms with Gasteiger partial charge in [-0.1, -0.05) is 0 Å². The van der Waals surface area contributed by atoms with Gasteiger partial charge >= 0.3 is 155 Å². The molecule has 0 heterocycles. The third-order valence-electron chi connectivity index (χ3n) is 4.95. The second-order valence-corrected chi connectivity index (χ2v) is 9.77. The Morgan fingerprint density at radius 1 is 1.04 bits per heavy atom. The predicted molar refractivity (Wildman–Crippen MR) is 105 cm³/mol. The molecule has 0 saturated heterocycles. The number of primary amides is 1. The first-order valence-corrected chi connectivity index (χ1v) is 11.5. The Morgan fingerprint density at radius 3 is 2.60 bits per heavy atom. The molecule has 25 heavy (non-hydrogen) atoms. The number of hydrogen-bond donors (Lipinski definition) is 1. The molecule has 2 N–H and O–H groups in total. The number of hydrogen-bond acceptors (Lipinski definition) is 1. The van der Waals surface area contributed by atoms with Crippen LogP contribution in [0.1, 0.15) is 39.0 Å². The summed E-state index contributed by atoms with van der Waals surface area (Å²) in [5.74, 6) is 0.595. The van der Waals surface area contributed by atoms with Crippen LogP contribution in [0.5, 0.6) is 0 Å².